The van der Waals surface area contributed by atoms with Gasteiger partial charge in [0.15, 0.2) is 0 Å². The molecule has 0 aliphatic carbocycles. The predicted octanol–water partition coefficient (Wildman–Crippen LogP) is 3.39. The average Bonchev–Trinajstić information content (AvgIpc) is 2.71. The lowest BCUT2D eigenvalue weighted by Gasteiger charge is -2.26. The number of hydrogen-bond acceptors (Lipinski definition) is 4. The highest BCUT2D eigenvalue weighted by Gasteiger charge is 2.28. The average molecular weight is 345 g/mol. The summed E-state index contributed by atoms with van der Waals surface area (Å²) in [6.45, 7) is 0. The van der Waals surface area contributed by atoms with Gasteiger partial charge in [-0.2, -0.15) is 4.98 Å². The van der Waals surface area contributed by atoms with Crippen LogP contribution in [0.15, 0.2) is 71.5 Å². The number of methoxy groups -OCH3 is 1. The van der Waals surface area contributed by atoms with Gasteiger partial charge in [0.25, 0.3) is 5.56 Å². The van der Waals surface area contributed by atoms with Crippen molar-refractivity contribution in [2.75, 3.05) is 12.4 Å². The highest BCUT2D eigenvalue weighted by atomic mass is 16.5. The van der Waals surface area contributed by atoms with Gasteiger partial charge < -0.3 is 10.1 Å². The van der Waals surface area contributed by atoms with E-state index < -0.39 is 0 Å². The van der Waals surface area contributed by atoms with Crippen molar-refractivity contribution in [2.45, 2.75) is 5.92 Å². The molecule has 2 heterocycles. The summed E-state index contributed by atoms with van der Waals surface area (Å²) >= 11 is 0. The van der Waals surface area contributed by atoms with E-state index in [0.717, 1.165) is 16.8 Å². The Labute approximate surface area is 151 Å². The van der Waals surface area contributed by atoms with E-state index >= 15 is 0 Å². The van der Waals surface area contributed by atoms with Crippen molar-refractivity contribution in [3.63, 3.8) is 0 Å². The molecule has 0 saturated heterocycles. The van der Waals surface area contributed by atoms with E-state index in [-0.39, 0.29) is 17.5 Å². The van der Waals surface area contributed by atoms with E-state index in [2.05, 4.69) is 16.4 Å². The lowest BCUT2D eigenvalue weighted by Crippen LogP contribution is -2.29. The molecule has 1 unspecified atom stereocenters. The first-order chi connectivity index (χ1) is 12.7. The second-order valence-corrected chi connectivity index (χ2v) is 6.18. The van der Waals surface area contributed by atoms with Crippen LogP contribution < -0.4 is 15.6 Å². The number of nitrogens with zero attached hydrogens (tertiary/aromatic N) is 2. The van der Waals surface area contributed by atoms with Crippen LogP contribution in [0.1, 0.15) is 22.6 Å². The van der Waals surface area contributed by atoms with Crippen LogP contribution in [0.5, 0.6) is 6.01 Å². The lowest BCUT2D eigenvalue weighted by molar-refractivity contribution is 0.356. The Hall–Kier alpha value is -3.34. The predicted molar refractivity (Wildman–Crippen MR) is 102 cm³/mol. The fraction of sp³-hybridized carbons (Fsp3) is 0.143. The Kier molecular flexibility index (Phi) is 4.05. The van der Waals surface area contributed by atoms with Crippen molar-refractivity contribution >= 4 is 11.5 Å². The maximum absolute atomic E-state index is 13.0. The third kappa shape index (κ3) is 2.67. The van der Waals surface area contributed by atoms with Gasteiger partial charge >= 0.3 is 6.01 Å². The van der Waals surface area contributed by atoms with Crippen LogP contribution >= 0.6 is 0 Å². The minimum Gasteiger partial charge on any atom is -0.468 e. The maximum Gasteiger partial charge on any atom is 0.300 e. The number of aromatic nitrogens is 2. The lowest BCUT2D eigenvalue weighted by atomic mass is 9.88. The molecule has 0 radical (unpaired) electrons. The Bertz CT molecular complexity index is 1020. The molecule has 0 spiro atoms. The van der Waals surface area contributed by atoms with Crippen molar-refractivity contribution in [3.05, 3.63) is 93.8 Å². The zero-order chi connectivity index (χ0) is 18.1. The van der Waals surface area contributed by atoms with E-state index in [0.29, 0.717) is 11.4 Å². The largest absolute Gasteiger partial charge is 0.468 e. The summed E-state index contributed by atoms with van der Waals surface area (Å²) in [4.78, 5) is 17.5. The van der Waals surface area contributed by atoms with Crippen LogP contribution in [0, 0.1) is 0 Å². The quantitative estimate of drug-likeness (QED) is 0.791. The van der Waals surface area contributed by atoms with Gasteiger partial charge in [-0.05, 0) is 17.2 Å². The van der Waals surface area contributed by atoms with Gasteiger partial charge in [0.1, 0.15) is 5.82 Å². The third-order valence-corrected chi connectivity index (χ3v) is 4.61. The fourth-order valence-electron chi connectivity index (χ4n) is 3.29. The van der Waals surface area contributed by atoms with Crippen LogP contribution in [-0.2, 0) is 7.05 Å². The van der Waals surface area contributed by atoms with Gasteiger partial charge in [-0.25, -0.2) is 0 Å². The van der Waals surface area contributed by atoms with Crippen molar-refractivity contribution in [1.82, 2.24) is 9.55 Å². The minimum absolute atomic E-state index is 0.114. The van der Waals surface area contributed by atoms with E-state index in [1.54, 1.807) is 7.05 Å². The monoisotopic (exact) mass is 345 g/mol. The molecule has 26 heavy (non-hydrogen) atoms. The van der Waals surface area contributed by atoms with E-state index in [9.17, 15) is 4.79 Å². The molecule has 0 saturated carbocycles. The van der Waals surface area contributed by atoms with Crippen LogP contribution in [-0.4, -0.2) is 16.7 Å². The first-order valence-electron chi connectivity index (χ1n) is 8.43. The summed E-state index contributed by atoms with van der Waals surface area (Å²) in [5, 5.41) is 3.31. The van der Waals surface area contributed by atoms with Gasteiger partial charge in [0.05, 0.1) is 12.7 Å². The number of benzene rings is 2. The molecule has 3 aromatic rings. The summed E-state index contributed by atoms with van der Waals surface area (Å²) in [6.07, 6.45) is 2.09. The molecule has 5 nitrogen and oxygen atoms in total. The molecule has 130 valence electrons. The molecule has 1 atom stereocenters. The number of nitrogens with one attached hydrogen (secondary N) is 1. The fourth-order valence-corrected chi connectivity index (χ4v) is 3.29. The van der Waals surface area contributed by atoms with Crippen LogP contribution in [0.3, 0.4) is 0 Å². The van der Waals surface area contributed by atoms with Gasteiger partial charge in [-0.3, -0.25) is 9.36 Å². The maximum atomic E-state index is 13.0. The summed E-state index contributed by atoms with van der Waals surface area (Å²) in [5.41, 5.74) is 3.53. The molecule has 1 aromatic heterocycles. The van der Waals surface area contributed by atoms with Crippen LogP contribution in [0.25, 0.3) is 5.70 Å². The summed E-state index contributed by atoms with van der Waals surface area (Å²) in [6, 6.07) is 20.3. The van der Waals surface area contributed by atoms with Gasteiger partial charge in [0.2, 0.25) is 0 Å². The van der Waals surface area contributed by atoms with E-state index in [1.807, 2.05) is 60.7 Å². The van der Waals surface area contributed by atoms with Crippen molar-refractivity contribution in [1.29, 1.82) is 0 Å². The van der Waals surface area contributed by atoms with Gasteiger partial charge in [0, 0.05) is 18.7 Å². The molecule has 4 rings (SSSR count). The van der Waals surface area contributed by atoms with Crippen molar-refractivity contribution < 1.29 is 4.74 Å². The van der Waals surface area contributed by atoms with Crippen LogP contribution in [0.4, 0.5) is 5.82 Å². The Morgan fingerprint density at radius 3 is 2.35 bits per heavy atom. The number of fused-ring (bicyclic) bond motifs is 1. The molecule has 0 bridgehead atoms. The standard InChI is InChI=1S/C21H19N3O2/c1-24-20(25)18-16(14-9-5-3-6-10-14)13-17(15-11-7-4-8-12-15)22-19(18)23-21(24)26-2/h3-13,16,22H,1-2H3. The van der Waals surface area contributed by atoms with Gasteiger partial charge in [-0.15, -0.1) is 0 Å². The number of anilines is 1. The molecule has 1 aliphatic rings. The highest BCUT2D eigenvalue weighted by molar-refractivity contribution is 5.81. The smallest absolute Gasteiger partial charge is 0.300 e. The second-order valence-electron chi connectivity index (χ2n) is 6.18. The van der Waals surface area contributed by atoms with Crippen LogP contribution in [0.2, 0.25) is 0 Å². The number of hydrogen-bond donors (Lipinski definition) is 1. The minimum atomic E-state index is -0.181. The zero-order valence-electron chi connectivity index (χ0n) is 14.6. The molecule has 1 aliphatic heterocycles. The molecule has 0 amide bonds. The van der Waals surface area contributed by atoms with E-state index in [4.69, 9.17) is 4.74 Å². The molecule has 1 N–H and O–H groups in total. The summed E-state index contributed by atoms with van der Waals surface area (Å²) in [5.74, 6) is 0.361. The number of rotatable bonds is 3. The Morgan fingerprint density at radius 1 is 1.04 bits per heavy atom. The number of ether oxygens (including phenoxy) is 1. The third-order valence-electron chi connectivity index (χ3n) is 4.61. The SMILES string of the molecule is COc1nc2c(c(=O)n1C)C(c1ccccc1)C=C(c1ccccc1)N2. The van der Waals surface area contributed by atoms with Gasteiger partial charge in [-0.1, -0.05) is 60.7 Å². The van der Waals surface area contributed by atoms with Crippen molar-refractivity contribution in [3.8, 4) is 6.01 Å². The highest BCUT2D eigenvalue weighted by Crippen LogP contribution is 2.36. The number of allylic oxidation sites excluding steroid dienone is 1. The zero-order valence-corrected chi connectivity index (χ0v) is 14.6. The van der Waals surface area contributed by atoms with Crippen molar-refractivity contribution in [2.24, 2.45) is 7.05 Å². The topological polar surface area (TPSA) is 56.1 Å². The molecule has 0 fully saturated rings. The Balaban J connectivity index is 1.95. The summed E-state index contributed by atoms with van der Waals surface area (Å²) < 4.78 is 6.71. The molecule has 5 heteroatoms. The normalized spacial score (nSPS) is 15.6. The molecular weight excluding hydrogens is 326 g/mol. The Morgan fingerprint density at radius 2 is 1.69 bits per heavy atom. The molecular formula is C21H19N3O2. The molecule has 2 aromatic carbocycles. The second kappa shape index (κ2) is 6.52. The summed E-state index contributed by atoms with van der Waals surface area (Å²) in [7, 11) is 3.19. The first kappa shape index (κ1) is 16.1. The van der Waals surface area contributed by atoms with E-state index in [1.165, 1.54) is 11.7 Å². The first-order valence-corrected chi connectivity index (χ1v) is 8.43.